The number of amides is 1. The molecular weight excluding hydrogens is 424 g/mol. The summed E-state index contributed by atoms with van der Waals surface area (Å²) in [6.07, 6.45) is 0.659. The van der Waals surface area contributed by atoms with Crippen LogP contribution >= 0.6 is 11.3 Å². The molecule has 4 aromatic rings. The minimum Gasteiger partial charge on any atom is -0.449 e. The second-order valence-electron chi connectivity index (χ2n) is 7.42. The molecule has 4 rings (SSSR count). The van der Waals surface area contributed by atoms with Gasteiger partial charge in [-0.15, -0.1) is 11.3 Å². The first-order valence-corrected chi connectivity index (χ1v) is 11.3. The molecule has 0 aliphatic heterocycles. The van der Waals surface area contributed by atoms with Gasteiger partial charge in [0.05, 0.1) is 33.8 Å². The number of esters is 1. The Morgan fingerprint density at radius 2 is 1.94 bits per heavy atom. The number of rotatable bonds is 7. The van der Waals surface area contributed by atoms with Crippen LogP contribution in [0.5, 0.6) is 0 Å². The molecule has 3 heterocycles. The second kappa shape index (κ2) is 9.32. The Balaban J connectivity index is 1.56. The van der Waals surface area contributed by atoms with Crippen molar-refractivity contribution in [2.24, 2.45) is 0 Å². The van der Waals surface area contributed by atoms with Crippen LogP contribution in [0.1, 0.15) is 42.7 Å². The number of carbonyl (C=O) groups excluding carboxylic acids is 2. The number of aryl methyl sites for hydroxylation is 1. The highest BCUT2D eigenvalue weighted by Gasteiger charge is 2.24. The van der Waals surface area contributed by atoms with Gasteiger partial charge in [-0.1, -0.05) is 36.4 Å². The van der Waals surface area contributed by atoms with Crippen molar-refractivity contribution in [1.82, 2.24) is 20.1 Å². The second-order valence-corrected chi connectivity index (χ2v) is 8.37. The number of benzene rings is 1. The minimum atomic E-state index is -0.955. The smallest absolute Gasteiger partial charge is 0.339 e. The van der Waals surface area contributed by atoms with E-state index in [0.717, 1.165) is 10.4 Å². The van der Waals surface area contributed by atoms with E-state index in [2.05, 4.69) is 10.4 Å². The predicted molar refractivity (Wildman–Crippen MR) is 124 cm³/mol. The van der Waals surface area contributed by atoms with E-state index in [4.69, 9.17) is 9.72 Å². The molecular formula is C24H24N4O3S. The molecule has 3 aromatic heterocycles. The third-order valence-electron chi connectivity index (χ3n) is 5.21. The molecule has 1 aromatic carbocycles. The van der Waals surface area contributed by atoms with E-state index < -0.39 is 12.1 Å². The average molecular weight is 449 g/mol. The van der Waals surface area contributed by atoms with Crippen LogP contribution in [0.3, 0.4) is 0 Å². The Kier molecular flexibility index (Phi) is 6.32. The first-order chi connectivity index (χ1) is 15.5. The van der Waals surface area contributed by atoms with Crippen molar-refractivity contribution in [3.8, 4) is 10.6 Å². The van der Waals surface area contributed by atoms with Gasteiger partial charge in [-0.3, -0.25) is 4.79 Å². The summed E-state index contributed by atoms with van der Waals surface area (Å²) in [4.78, 5) is 31.4. The fourth-order valence-corrected chi connectivity index (χ4v) is 4.12. The van der Waals surface area contributed by atoms with Crippen LogP contribution in [-0.2, 0) is 16.1 Å². The molecule has 8 heteroatoms. The summed E-state index contributed by atoms with van der Waals surface area (Å²) < 4.78 is 7.28. The van der Waals surface area contributed by atoms with E-state index in [1.54, 1.807) is 23.9 Å². The molecule has 0 aliphatic rings. The average Bonchev–Trinajstić information content (AvgIpc) is 3.48. The Morgan fingerprint density at radius 1 is 1.16 bits per heavy atom. The van der Waals surface area contributed by atoms with Crippen LogP contribution in [0.25, 0.3) is 21.6 Å². The number of fused-ring (bicyclic) bond motifs is 1. The van der Waals surface area contributed by atoms with Gasteiger partial charge in [-0.25, -0.2) is 14.5 Å². The van der Waals surface area contributed by atoms with E-state index >= 15 is 0 Å². The number of thiophene rings is 1. The van der Waals surface area contributed by atoms with Crippen molar-refractivity contribution < 1.29 is 14.3 Å². The van der Waals surface area contributed by atoms with Gasteiger partial charge in [0.2, 0.25) is 0 Å². The Morgan fingerprint density at radius 3 is 2.62 bits per heavy atom. The van der Waals surface area contributed by atoms with Crippen molar-refractivity contribution in [3.05, 3.63) is 71.2 Å². The van der Waals surface area contributed by atoms with Crippen LogP contribution < -0.4 is 5.32 Å². The largest absolute Gasteiger partial charge is 0.449 e. The summed E-state index contributed by atoms with van der Waals surface area (Å²) in [6.45, 7) is 6.04. The van der Waals surface area contributed by atoms with Crippen LogP contribution in [0, 0.1) is 0 Å². The van der Waals surface area contributed by atoms with E-state index in [9.17, 15) is 9.59 Å². The van der Waals surface area contributed by atoms with E-state index in [1.165, 1.54) is 11.3 Å². The van der Waals surface area contributed by atoms with Crippen molar-refractivity contribution >= 4 is 34.2 Å². The summed E-state index contributed by atoms with van der Waals surface area (Å²) in [5.41, 5.74) is 2.60. The van der Waals surface area contributed by atoms with Gasteiger partial charge in [0.1, 0.15) is 0 Å². The number of ether oxygens (including phenoxy) is 1. The third-order valence-corrected chi connectivity index (χ3v) is 6.11. The van der Waals surface area contributed by atoms with Gasteiger partial charge in [-0.2, -0.15) is 5.10 Å². The minimum absolute atomic E-state index is 0.203. The summed E-state index contributed by atoms with van der Waals surface area (Å²) in [6, 6.07) is 15.0. The molecule has 7 nitrogen and oxygen atoms in total. The zero-order valence-corrected chi connectivity index (χ0v) is 18.9. The van der Waals surface area contributed by atoms with Gasteiger partial charge in [0.15, 0.2) is 11.8 Å². The highest BCUT2D eigenvalue weighted by atomic mass is 32.1. The molecule has 2 atom stereocenters. The van der Waals surface area contributed by atoms with E-state index in [0.29, 0.717) is 28.8 Å². The fraction of sp³-hybridized carbons (Fsp3) is 0.250. The maximum absolute atomic E-state index is 13.1. The number of hydrogen-bond donors (Lipinski definition) is 1. The lowest BCUT2D eigenvalue weighted by Gasteiger charge is -2.18. The van der Waals surface area contributed by atoms with Gasteiger partial charge < -0.3 is 10.1 Å². The fourth-order valence-electron chi connectivity index (χ4n) is 3.43. The lowest BCUT2D eigenvalue weighted by Crippen LogP contribution is -2.37. The number of pyridine rings is 1. The molecule has 0 spiro atoms. The molecule has 0 fully saturated rings. The number of nitrogens with zero attached hydrogens (tertiary/aromatic N) is 3. The molecule has 1 N–H and O–H groups in total. The van der Waals surface area contributed by atoms with Crippen LogP contribution in [-0.4, -0.2) is 32.7 Å². The summed E-state index contributed by atoms with van der Waals surface area (Å²) in [5, 5.41) is 9.79. The molecule has 164 valence electrons. The first-order valence-electron chi connectivity index (χ1n) is 10.4. The summed E-state index contributed by atoms with van der Waals surface area (Å²) in [7, 11) is 0. The third kappa shape index (κ3) is 4.40. The quantitative estimate of drug-likeness (QED) is 0.418. The van der Waals surface area contributed by atoms with Gasteiger partial charge in [0.25, 0.3) is 5.91 Å². The van der Waals surface area contributed by atoms with Crippen molar-refractivity contribution in [2.75, 3.05) is 0 Å². The predicted octanol–water partition coefficient (Wildman–Crippen LogP) is 4.60. The SMILES string of the molecule is CCn1ncc2c(C(=O)OC(C)C(=O)NC(C)c3ccccc3)cc(-c3cccs3)nc21. The molecule has 0 saturated heterocycles. The molecule has 0 bridgehead atoms. The van der Waals surface area contributed by atoms with Crippen molar-refractivity contribution in [1.29, 1.82) is 0 Å². The standard InChI is InChI=1S/C24H24N4O3S/c1-4-28-22-19(14-25-28)18(13-20(27-22)21-11-8-12-32-21)24(30)31-16(3)23(29)26-15(2)17-9-6-5-7-10-17/h5-16H,4H2,1-3H3,(H,26,29). The topological polar surface area (TPSA) is 86.1 Å². The Hall–Kier alpha value is -3.52. The number of aromatic nitrogens is 3. The maximum Gasteiger partial charge on any atom is 0.339 e. The zero-order valence-electron chi connectivity index (χ0n) is 18.1. The molecule has 0 saturated carbocycles. The number of nitrogens with one attached hydrogen (secondary N) is 1. The van der Waals surface area contributed by atoms with Crippen LogP contribution in [0.4, 0.5) is 0 Å². The highest BCUT2D eigenvalue weighted by molar-refractivity contribution is 7.13. The van der Waals surface area contributed by atoms with Crippen LogP contribution in [0.2, 0.25) is 0 Å². The van der Waals surface area contributed by atoms with E-state index in [-0.39, 0.29) is 11.9 Å². The van der Waals surface area contributed by atoms with Gasteiger partial charge in [-0.05, 0) is 43.8 Å². The molecule has 32 heavy (non-hydrogen) atoms. The zero-order chi connectivity index (χ0) is 22.7. The first kappa shape index (κ1) is 21.7. The van der Waals surface area contributed by atoms with Gasteiger partial charge in [0, 0.05) is 6.54 Å². The van der Waals surface area contributed by atoms with E-state index in [1.807, 2.05) is 61.7 Å². The summed E-state index contributed by atoms with van der Waals surface area (Å²) >= 11 is 1.54. The Bertz CT molecular complexity index is 1240. The normalized spacial score (nSPS) is 13.0. The molecule has 2 unspecified atom stereocenters. The molecule has 0 aliphatic carbocycles. The molecule has 0 radical (unpaired) electrons. The summed E-state index contributed by atoms with van der Waals surface area (Å²) in [5.74, 6) is -0.941. The number of carbonyl (C=O) groups is 2. The Labute approximate surface area is 190 Å². The number of hydrogen-bond acceptors (Lipinski definition) is 6. The lowest BCUT2D eigenvalue weighted by atomic mass is 10.1. The highest BCUT2D eigenvalue weighted by Crippen LogP contribution is 2.28. The van der Waals surface area contributed by atoms with Crippen molar-refractivity contribution in [3.63, 3.8) is 0 Å². The van der Waals surface area contributed by atoms with Crippen LogP contribution in [0.15, 0.2) is 60.1 Å². The van der Waals surface area contributed by atoms with Crippen molar-refractivity contribution in [2.45, 2.75) is 39.5 Å². The maximum atomic E-state index is 13.1. The lowest BCUT2D eigenvalue weighted by molar-refractivity contribution is -0.129. The van der Waals surface area contributed by atoms with Gasteiger partial charge >= 0.3 is 5.97 Å². The monoisotopic (exact) mass is 448 g/mol. The molecule has 1 amide bonds.